The zero-order chi connectivity index (χ0) is 16.0. The van der Waals surface area contributed by atoms with E-state index in [0.29, 0.717) is 11.9 Å². The number of nitrogens with zero attached hydrogens (tertiary/aromatic N) is 3. The smallest absolute Gasteiger partial charge is 0.146 e. The summed E-state index contributed by atoms with van der Waals surface area (Å²) < 4.78 is 0. The minimum atomic E-state index is 0.502. The molecule has 2 N–H and O–H groups in total. The van der Waals surface area contributed by atoms with Crippen molar-refractivity contribution in [2.75, 3.05) is 12.3 Å². The van der Waals surface area contributed by atoms with Crippen LogP contribution in [0.4, 0.5) is 5.82 Å². The molecule has 23 heavy (non-hydrogen) atoms. The van der Waals surface area contributed by atoms with Crippen LogP contribution in [0.2, 0.25) is 0 Å². The fourth-order valence-electron chi connectivity index (χ4n) is 3.40. The topological polar surface area (TPSA) is 55.0 Å². The number of hydrogen-bond donors (Lipinski definition) is 1. The molecule has 4 rings (SSSR count). The van der Waals surface area contributed by atoms with Gasteiger partial charge in [-0.3, -0.25) is 4.90 Å². The molecule has 6 heteroatoms. The standard InChI is InChI=1S/C17H20N4S2/c1-10-11(2)23-17-15(10)16(18)19-14(20-17)9-21-7-3-5-12(21)13-6-4-8-22-13/h4,6,8,12H,3,5,7,9H2,1-2H3,(H2,18,19,20)/t12-/m0/s1. The van der Waals surface area contributed by atoms with E-state index in [1.807, 2.05) is 11.3 Å². The fourth-order valence-corrected chi connectivity index (χ4v) is 5.35. The molecule has 4 nitrogen and oxygen atoms in total. The fraction of sp³-hybridized carbons (Fsp3) is 0.412. The Bertz CT molecular complexity index is 838. The highest BCUT2D eigenvalue weighted by molar-refractivity contribution is 7.18. The van der Waals surface area contributed by atoms with E-state index in [9.17, 15) is 0 Å². The summed E-state index contributed by atoms with van der Waals surface area (Å²) in [6.07, 6.45) is 2.45. The number of hydrogen-bond acceptors (Lipinski definition) is 6. The van der Waals surface area contributed by atoms with Gasteiger partial charge in [0.15, 0.2) is 0 Å². The summed E-state index contributed by atoms with van der Waals surface area (Å²) in [6, 6.07) is 4.87. The quantitative estimate of drug-likeness (QED) is 0.770. The van der Waals surface area contributed by atoms with Gasteiger partial charge in [0.2, 0.25) is 0 Å². The van der Waals surface area contributed by atoms with Crippen molar-refractivity contribution in [1.29, 1.82) is 0 Å². The summed E-state index contributed by atoms with van der Waals surface area (Å²) >= 11 is 3.56. The van der Waals surface area contributed by atoms with Crippen LogP contribution in [0, 0.1) is 13.8 Å². The Morgan fingerprint density at radius 3 is 3.00 bits per heavy atom. The van der Waals surface area contributed by atoms with Crippen molar-refractivity contribution in [3.63, 3.8) is 0 Å². The van der Waals surface area contributed by atoms with Gasteiger partial charge in [-0.2, -0.15) is 0 Å². The Morgan fingerprint density at radius 2 is 2.22 bits per heavy atom. The number of nitrogen functional groups attached to an aromatic ring is 1. The lowest BCUT2D eigenvalue weighted by molar-refractivity contribution is 0.246. The molecule has 4 heterocycles. The Morgan fingerprint density at radius 1 is 1.35 bits per heavy atom. The third kappa shape index (κ3) is 2.65. The van der Waals surface area contributed by atoms with Gasteiger partial charge in [0.1, 0.15) is 16.5 Å². The Labute approximate surface area is 144 Å². The molecule has 1 aliphatic rings. The first-order chi connectivity index (χ1) is 11.1. The zero-order valence-electron chi connectivity index (χ0n) is 13.4. The average Bonchev–Trinajstić information content (AvgIpc) is 3.21. The van der Waals surface area contributed by atoms with Crippen molar-refractivity contribution < 1.29 is 0 Å². The van der Waals surface area contributed by atoms with E-state index in [0.717, 1.165) is 29.1 Å². The Balaban J connectivity index is 1.65. The maximum absolute atomic E-state index is 6.21. The molecule has 3 aromatic rings. The number of aryl methyl sites for hydroxylation is 2. The van der Waals surface area contributed by atoms with Crippen LogP contribution in [0.1, 0.15) is 40.0 Å². The van der Waals surface area contributed by atoms with Gasteiger partial charge in [0.05, 0.1) is 11.9 Å². The van der Waals surface area contributed by atoms with E-state index in [-0.39, 0.29) is 0 Å². The molecule has 0 aliphatic carbocycles. The number of fused-ring (bicyclic) bond motifs is 1. The van der Waals surface area contributed by atoms with Crippen LogP contribution >= 0.6 is 22.7 Å². The number of aromatic nitrogens is 2. The second kappa shape index (κ2) is 5.85. The molecular weight excluding hydrogens is 324 g/mol. The van der Waals surface area contributed by atoms with Gasteiger partial charge in [-0.1, -0.05) is 6.07 Å². The molecule has 0 saturated carbocycles. The molecule has 0 spiro atoms. The average molecular weight is 345 g/mol. The van der Waals surface area contributed by atoms with Gasteiger partial charge in [-0.25, -0.2) is 9.97 Å². The number of rotatable bonds is 3. The van der Waals surface area contributed by atoms with E-state index in [4.69, 9.17) is 10.7 Å². The van der Waals surface area contributed by atoms with E-state index < -0.39 is 0 Å². The zero-order valence-corrected chi connectivity index (χ0v) is 15.0. The minimum Gasteiger partial charge on any atom is -0.383 e. The molecule has 0 amide bonds. The number of likely N-dealkylation sites (tertiary alicyclic amines) is 1. The van der Waals surface area contributed by atoms with Gasteiger partial charge in [0.25, 0.3) is 0 Å². The highest BCUT2D eigenvalue weighted by Gasteiger charge is 2.27. The molecule has 1 fully saturated rings. The lowest BCUT2D eigenvalue weighted by Gasteiger charge is -2.22. The van der Waals surface area contributed by atoms with Gasteiger partial charge in [-0.05, 0) is 50.2 Å². The van der Waals surface area contributed by atoms with Gasteiger partial charge >= 0.3 is 0 Å². The molecule has 0 unspecified atom stereocenters. The third-order valence-corrected chi connectivity index (χ3v) is 6.76. The second-order valence-corrected chi connectivity index (χ2v) is 8.31. The maximum Gasteiger partial charge on any atom is 0.146 e. The summed E-state index contributed by atoms with van der Waals surface area (Å²) in [5, 5.41) is 3.19. The Kier molecular flexibility index (Phi) is 3.83. The van der Waals surface area contributed by atoms with E-state index in [1.54, 1.807) is 11.3 Å². The lowest BCUT2D eigenvalue weighted by Crippen LogP contribution is -2.23. The lowest BCUT2D eigenvalue weighted by atomic mass is 10.2. The van der Waals surface area contributed by atoms with Crippen LogP contribution in [0.15, 0.2) is 17.5 Å². The SMILES string of the molecule is Cc1sc2nc(CN3CCC[C@H]3c3cccs3)nc(N)c2c1C. The van der Waals surface area contributed by atoms with E-state index in [2.05, 4.69) is 41.2 Å². The van der Waals surface area contributed by atoms with Crippen molar-refractivity contribution in [2.45, 2.75) is 39.3 Å². The number of anilines is 1. The molecule has 3 aromatic heterocycles. The van der Waals surface area contributed by atoms with Crippen LogP contribution in [0.5, 0.6) is 0 Å². The predicted molar refractivity (Wildman–Crippen MR) is 98.0 cm³/mol. The van der Waals surface area contributed by atoms with Gasteiger partial charge in [0, 0.05) is 15.8 Å². The normalized spacial score (nSPS) is 19.0. The van der Waals surface area contributed by atoms with Gasteiger partial charge < -0.3 is 5.73 Å². The van der Waals surface area contributed by atoms with E-state index in [1.165, 1.54) is 28.2 Å². The third-order valence-electron chi connectivity index (χ3n) is 4.68. The van der Waals surface area contributed by atoms with Crippen molar-refractivity contribution in [1.82, 2.24) is 14.9 Å². The van der Waals surface area contributed by atoms with E-state index >= 15 is 0 Å². The predicted octanol–water partition coefficient (Wildman–Crippen LogP) is 4.29. The highest BCUT2D eigenvalue weighted by Crippen LogP contribution is 2.36. The van der Waals surface area contributed by atoms with Gasteiger partial charge in [-0.15, -0.1) is 22.7 Å². The van der Waals surface area contributed by atoms with Crippen LogP contribution in [0.3, 0.4) is 0 Å². The molecule has 0 radical (unpaired) electrons. The van der Waals surface area contributed by atoms with Crippen LogP contribution < -0.4 is 5.73 Å². The van der Waals surface area contributed by atoms with Crippen molar-refractivity contribution in [3.8, 4) is 0 Å². The summed E-state index contributed by atoms with van der Waals surface area (Å²) in [4.78, 5) is 15.6. The summed E-state index contributed by atoms with van der Waals surface area (Å²) in [7, 11) is 0. The molecule has 0 aromatic carbocycles. The number of thiophene rings is 2. The highest BCUT2D eigenvalue weighted by atomic mass is 32.1. The number of nitrogens with two attached hydrogens (primary N) is 1. The molecule has 120 valence electrons. The van der Waals surface area contributed by atoms with Crippen LogP contribution in [0.25, 0.3) is 10.2 Å². The second-order valence-electron chi connectivity index (χ2n) is 6.13. The monoisotopic (exact) mass is 344 g/mol. The van der Waals surface area contributed by atoms with Crippen molar-refractivity contribution in [3.05, 3.63) is 38.7 Å². The summed E-state index contributed by atoms with van der Waals surface area (Å²) in [5.74, 6) is 1.47. The first kappa shape index (κ1) is 15.1. The van der Waals surface area contributed by atoms with Crippen LogP contribution in [-0.2, 0) is 6.54 Å². The summed E-state index contributed by atoms with van der Waals surface area (Å²) in [5.41, 5.74) is 7.43. The minimum absolute atomic E-state index is 0.502. The van der Waals surface area contributed by atoms with Crippen molar-refractivity contribution >= 4 is 38.7 Å². The summed E-state index contributed by atoms with van der Waals surface area (Å²) in [6.45, 7) is 6.10. The Hall–Kier alpha value is -1.50. The molecule has 1 atom stereocenters. The van der Waals surface area contributed by atoms with Crippen LogP contribution in [-0.4, -0.2) is 21.4 Å². The first-order valence-corrected chi connectivity index (χ1v) is 9.62. The molecule has 1 saturated heterocycles. The maximum atomic E-state index is 6.21. The molecule has 1 aliphatic heterocycles. The largest absolute Gasteiger partial charge is 0.383 e. The molecular formula is C17H20N4S2. The van der Waals surface area contributed by atoms with Crippen molar-refractivity contribution in [2.24, 2.45) is 0 Å². The first-order valence-electron chi connectivity index (χ1n) is 7.93. The molecule has 0 bridgehead atoms.